The van der Waals surface area contributed by atoms with Crippen LogP contribution in [-0.2, 0) is 16.9 Å². The van der Waals surface area contributed by atoms with Gasteiger partial charge in [0, 0.05) is 16.4 Å². The zero-order chi connectivity index (χ0) is 15.6. The Kier molecular flexibility index (Phi) is 6.62. The molecule has 3 nitrogen and oxygen atoms in total. The molecule has 0 aliphatic rings. The maximum absolute atomic E-state index is 12.7. The summed E-state index contributed by atoms with van der Waals surface area (Å²) in [6.45, 7) is 4.41. The Morgan fingerprint density at radius 2 is 1.91 bits per heavy atom. The molecule has 1 aromatic heterocycles. The summed E-state index contributed by atoms with van der Waals surface area (Å²) >= 11 is 5.05. The lowest BCUT2D eigenvalue weighted by Gasteiger charge is -2.29. The molecule has 0 aliphatic carbocycles. The van der Waals surface area contributed by atoms with Crippen LogP contribution in [-0.4, -0.2) is 17.9 Å². The van der Waals surface area contributed by atoms with E-state index in [0.717, 1.165) is 10.0 Å². The van der Waals surface area contributed by atoms with E-state index in [-0.39, 0.29) is 18.3 Å². The number of hydrogen-bond acceptors (Lipinski definition) is 3. The second kappa shape index (κ2) is 7.59. The van der Waals surface area contributed by atoms with Gasteiger partial charge in [-0.1, -0.05) is 28.1 Å². The quantitative estimate of drug-likeness (QED) is 0.836. The normalized spacial score (nSPS) is 13.1. The maximum atomic E-state index is 12.7. The number of nitrogens with zero attached hydrogens (tertiary/aromatic N) is 1. The summed E-state index contributed by atoms with van der Waals surface area (Å²) in [6, 6.07) is 9.63. The van der Waals surface area contributed by atoms with Crippen LogP contribution in [0.5, 0.6) is 0 Å². The third-order valence-electron chi connectivity index (χ3n) is 3.58. The van der Waals surface area contributed by atoms with Gasteiger partial charge in [0.2, 0.25) is 5.91 Å². The monoisotopic (exact) mass is 402 g/mol. The van der Waals surface area contributed by atoms with E-state index in [1.165, 1.54) is 10.4 Å². The molecule has 2 rings (SSSR count). The number of amides is 1. The molecule has 0 saturated heterocycles. The van der Waals surface area contributed by atoms with Gasteiger partial charge >= 0.3 is 0 Å². The molecular weight excluding hydrogens is 384 g/mol. The molecule has 0 aliphatic heterocycles. The highest BCUT2D eigenvalue weighted by atomic mass is 79.9. The molecule has 22 heavy (non-hydrogen) atoms. The molecule has 0 bridgehead atoms. The Labute approximate surface area is 150 Å². The summed E-state index contributed by atoms with van der Waals surface area (Å²) in [4.78, 5) is 15.6. The second-order valence-corrected chi connectivity index (χ2v) is 7.31. The summed E-state index contributed by atoms with van der Waals surface area (Å²) in [5.41, 5.74) is 7.29. The fourth-order valence-electron chi connectivity index (χ4n) is 2.17. The smallest absolute Gasteiger partial charge is 0.247 e. The van der Waals surface area contributed by atoms with Gasteiger partial charge in [-0.05, 0) is 48.6 Å². The second-order valence-electron chi connectivity index (χ2n) is 5.40. The maximum Gasteiger partial charge on any atom is 0.247 e. The molecule has 1 unspecified atom stereocenters. The highest BCUT2D eigenvalue weighted by Crippen LogP contribution is 2.24. The van der Waals surface area contributed by atoms with Gasteiger partial charge in [-0.2, -0.15) is 0 Å². The number of likely N-dealkylation sites (N-methyl/N-ethyl adjacent to an activating group) is 1. The number of carbonyl (C=O) groups excluding carboxylic acids is 1. The summed E-state index contributed by atoms with van der Waals surface area (Å²) in [6.07, 6.45) is 0. The lowest BCUT2D eigenvalue weighted by Crippen LogP contribution is -2.49. The summed E-state index contributed by atoms with van der Waals surface area (Å²) < 4.78 is 0.970. The van der Waals surface area contributed by atoms with Crippen molar-refractivity contribution in [1.29, 1.82) is 0 Å². The third kappa shape index (κ3) is 4.10. The number of aryl methyl sites for hydroxylation is 1. The van der Waals surface area contributed by atoms with Crippen molar-refractivity contribution in [2.45, 2.75) is 25.9 Å². The van der Waals surface area contributed by atoms with Gasteiger partial charge in [0.1, 0.15) is 5.54 Å². The van der Waals surface area contributed by atoms with E-state index < -0.39 is 5.54 Å². The van der Waals surface area contributed by atoms with Crippen molar-refractivity contribution < 1.29 is 4.79 Å². The first-order valence-electron chi connectivity index (χ1n) is 6.66. The van der Waals surface area contributed by atoms with Crippen molar-refractivity contribution >= 4 is 45.6 Å². The van der Waals surface area contributed by atoms with Crippen LogP contribution >= 0.6 is 39.7 Å². The van der Waals surface area contributed by atoms with Crippen LogP contribution < -0.4 is 5.73 Å². The van der Waals surface area contributed by atoms with Crippen molar-refractivity contribution in [1.82, 2.24) is 4.90 Å². The van der Waals surface area contributed by atoms with Gasteiger partial charge in [-0.15, -0.1) is 23.7 Å². The average molecular weight is 404 g/mol. The number of nitrogens with two attached hydrogens (primary N) is 1. The van der Waals surface area contributed by atoms with Crippen LogP contribution in [0.15, 0.2) is 40.2 Å². The minimum absolute atomic E-state index is 0. The van der Waals surface area contributed by atoms with E-state index >= 15 is 0 Å². The molecule has 1 atom stereocenters. The van der Waals surface area contributed by atoms with Gasteiger partial charge in [0.15, 0.2) is 0 Å². The van der Waals surface area contributed by atoms with Gasteiger partial charge in [0.25, 0.3) is 0 Å². The Balaban J connectivity index is 0.00000242. The lowest BCUT2D eigenvalue weighted by molar-refractivity contribution is -0.135. The van der Waals surface area contributed by atoms with Gasteiger partial charge < -0.3 is 10.6 Å². The Morgan fingerprint density at radius 3 is 2.41 bits per heavy atom. The molecule has 0 radical (unpaired) electrons. The predicted octanol–water partition coefficient (Wildman–Crippen LogP) is 4.07. The number of halogens is 2. The van der Waals surface area contributed by atoms with Gasteiger partial charge in [-0.25, -0.2) is 0 Å². The zero-order valence-electron chi connectivity index (χ0n) is 12.8. The molecule has 0 saturated carbocycles. The molecule has 1 aromatic carbocycles. The lowest BCUT2D eigenvalue weighted by atomic mass is 9.92. The number of hydrogen-bond donors (Lipinski definition) is 1. The molecule has 1 amide bonds. The SMILES string of the molecule is Cc1ccsc1CN(C)C(=O)C(C)(N)c1ccc(Br)cc1.Cl. The highest BCUT2D eigenvalue weighted by Gasteiger charge is 2.33. The first-order chi connectivity index (χ1) is 9.82. The summed E-state index contributed by atoms with van der Waals surface area (Å²) in [5.74, 6) is -0.0855. The molecule has 120 valence electrons. The van der Waals surface area contributed by atoms with E-state index in [4.69, 9.17) is 5.73 Å². The van der Waals surface area contributed by atoms with Crippen LogP contribution in [0.4, 0.5) is 0 Å². The van der Waals surface area contributed by atoms with Gasteiger partial charge in [-0.3, -0.25) is 4.79 Å². The van der Waals surface area contributed by atoms with E-state index in [1.807, 2.05) is 29.6 Å². The Bertz CT molecular complexity index is 640. The van der Waals surface area contributed by atoms with Gasteiger partial charge in [0.05, 0.1) is 6.54 Å². The standard InChI is InChI=1S/C16H19BrN2OS.ClH/c1-11-8-9-21-14(11)10-19(3)15(20)16(2,18)12-4-6-13(17)7-5-12;/h4-9H,10,18H2,1-3H3;1H. The molecule has 2 N–H and O–H groups in total. The molecule has 6 heteroatoms. The minimum atomic E-state index is -1.03. The minimum Gasteiger partial charge on any atom is -0.339 e. The predicted molar refractivity (Wildman–Crippen MR) is 98.5 cm³/mol. The molecule has 0 fully saturated rings. The van der Waals surface area contributed by atoms with Crippen LogP contribution in [0.25, 0.3) is 0 Å². The van der Waals surface area contributed by atoms with Crippen molar-refractivity contribution in [2.24, 2.45) is 5.73 Å². The highest BCUT2D eigenvalue weighted by molar-refractivity contribution is 9.10. The first kappa shape index (κ1) is 19.2. The van der Waals surface area contributed by atoms with E-state index in [2.05, 4.69) is 28.9 Å². The zero-order valence-corrected chi connectivity index (χ0v) is 16.0. The van der Waals surface area contributed by atoms with E-state index in [0.29, 0.717) is 6.54 Å². The van der Waals surface area contributed by atoms with Crippen LogP contribution in [0, 0.1) is 6.92 Å². The summed E-state index contributed by atoms with van der Waals surface area (Å²) in [5, 5.41) is 2.04. The molecule has 1 heterocycles. The fraction of sp³-hybridized carbons (Fsp3) is 0.312. The van der Waals surface area contributed by atoms with Crippen LogP contribution in [0.2, 0.25) is 0 Å². The molecular formula is C16H20BrClN2OS. The third-order valence-corrected chi connectivity index (χ3v) is 5.12. The fourth-order valence-corrected chi connectivity index (χ4v) is 3.39. The Hall–Kier alpha value is -0.880. The topological polar surface area (TPSA) is 46.3 Å². The number of carbonyl (C=O) groups is 1. The van der Waals surface area contributed by atoms with Crippen molar-refractivity contribution in [2.75, 3.05) is 7.05 Å². The molecule has 0 spiro atoms. The number of thiophene rings is 1. The number of benzene rings is 1. The largest absolute Gasteiger partial charge is 0.339 e. The van der Waals surface area contributed by atoms with Crippen LogP contribution in [0.3, 0.4) is 0 Å². The molecule has 2 aromatic rings. The van der Waals surface area contributed by atoms with Crippen LogP contribution in [0.1, 0.15) is 22.9 Å². The van der Waals surface area contributed by atoms with Crippen molar-refractivity contribution in [3.8, 4) is 0 Å². The van der Waals surface area contributed by atoms with E-state index in [1.54, 1.807) is 30.2 Å². The van der Waals surface area contributed by atoms with Crippen molar-refractivity contribution in [3.63, 3.8) is 0 Å². The average Bonchev–Trinajstić information content (AvgIpc) is 2.83. The Morgan fingerprint density at radius 1 is 1.32 bits per heavy atom. The number of rotatable bonds is 4. The first-order valence-corrected chi connectivity index (χ1v) is 8.33. The van der Waals surface area contributed by atoms with E-state index in [9.17, 15) is 4.79 Å². The van der Waals surface area contributed by atoms with Crippen molar-refractivity contribution in [3.05, 3.63) is 56.2 Å². The summed E-state index contributed by atoms with van der Waals surface area (Å²) in [7, 11) is 1.80.